The Morgan fingerprint density at radius 1 is 1.20 bits per heavy atom. The van der Waals surface area contributed by atoms with Crippen LogP contribution in [0.5, 0.6) is 0 Å². The molecule has 0 spiro atoms. The van der Waals surface area contributed by atoms with Crippen LogP contribution < -0.4 is 0 Å². The van der Waals surface area contributed by atoms with Crippen LogP contribution in [0.4, 0.5) is 0 Å². The second kappa shape index (κ2) is 5.99. The smallest absolute Gasteiger partial charge is 0.226 e. The number of nitrogens with zero attached hydrogens (tertiary/aromatic N) is 1. The maximum Gasteiger partial charge on any atom is 0.226 e. The predicted octanol–water partition coefficient (Wildman–Crippen LogP) is 4.11. The molecule has 2 unspecified atom stereocenters. The standard InChI is InChI=1S/C18H27NO/c1-14-12-19(13-15-8-6-5-7-9-15)17(20)16(14)10-11-18(2,3)4/h5-9,14,16H,10-13H2,1-4H3. The van der Waals surface area contributed by atoms with Crippen molar-refractivity contribution in [3.63, 3.8) is 0 Å². The normalized spacial score (nSPS) is 23.4. The van der Waals surface area contributed by atoms with E-state index in [0.717, 1.165) is 25.9 Å². The number of carbonyl (C=O) groups excluding carboxylic acids is 1. The highest BCUT2D eigenvalue weighted by atomic mass is 16.2. The molecule has 2 heteroatoms. The summed E-state index contributed by atoms with van der Waals surface area (Å²) in [5, 5.41) is 0. The van der Waals surface area contributed by atoms with Gasteiger partial charge in [-0.3, -0.25) is 4.79 Å². The number of carbonyl (C=O) groups is 1. The van der Waals surface area contributed by atoms with E-state index in [0.29, 0.717) is 17.2 Å². The number of likely N-dealkylation sites (tertiary alicyclic amines) is 1. The minimum atomic E-state index is 0.220. The molecule has 0 bridgehead atoms. The van der Waals surface area contributed by atoms with Gasteiger partial charge in [-0.1, -0.05) is 58.0 Å². The zero-order valence-electron chi connectivity index (χ0n) is 13.2. The Hall–Kier alpha value is -1.31. The summed E-state index contributed by atoms with van der Waals surface area (Å²) in [6, 6.07) is 10.3. The second-order valence-corrected chi connectivity index (χ2v) is 7.39. The Labute approximate surface area is 123 Å². The average Bonchev–Trinajstić information content (AvgIpc) is 2.63. The molecule has 110 valence electrons. The molecular formula is C18H27NO. The lowest BCUT2D eigenvalue weighted by Crippen LogP contribution is -2.27. The Morgan fingerprint density at radius 2 is 1.85 bits per heavy atom. The Bertz CT molecular complexity index is 446. The van der Waals surface area contributed by atoms with Crippen molar-refractivity contribution in [2.75, 3.05) is 6.54 Å². The van der Waals surface area contributed by atoms with E-state index in [9.17, 15) is 4.79 Å². The molecule has 1 aliphatic rings. The first-order chi connectivity index (χ1) is 9.37. The van der Waals surface area contributed by atoms with E-state index in [1.807, 2.05) is 23.1 Å². The van der Waals surface area contributed by atoms with Gasteiger partial charge in [-0.15, -0.1) is 0 Å². The fourth-order valence-corrected chi connectivity index (χ4v) is 2.99. The SMILES string of the molecule is CC1CN(Cc2ccccc2)C(=O)C1CCC(C)(C)C. The second-order valence-electron chi connectivity index (χ2n) is 7.39. The quantitative estimate of drug-likeness (QED) is 0.808. The van der Waals surface area contributed by atoms with Crippen molar-refractivity contribution in [1.82, 2.24) is 4.90 Å². The van der Waals surface area contributed by atoms with Gasteiger partial charge in [-0.25, -0.2) is 0 Å². The summed E-state index contributed by atoms with van der Waals surface area (Å²) in [7, 11) is 0. The lowest BCUT2D eigenvalue weighted by atomic mass is 9.83. The molecule has 20 heavy (non-hydrogen) atoms. The minimum absolute atomic E-state index is 0.220. The van der Waals surface area contributed by atoms with Crippen molar-refractivity contribution in [2.45, 2.75) is 47.1 Å². The molecule has 1 aliphatic heterocycles. The molecule has 0 N–H and O–H groups in total. The molecule has 2 atom stereocenters. The Balaban J connectivity index is 1.96. The van der Waals surface area contributed by atoms with Crippen LogP contribution in [-0.4, -0.2) is 17.4 Å². The van der Waals surface area contributed by atoms with Gasteiger partial charge in [0.1, 0.15) is 0 Å². The van der Waals surface area contributed by atoms with Crippen LogP contribution in [0, 0.1) is 17.3 Å². The first-order valence-corrected chi connectivity index (χ1v) is 7.69. The van der Waals surface area contributed by atoms with E-state index < -0.39 is 0 Å². The summed E-state index contributed by atoms with van der Waals surface area (Å²) in [5.74, 6) is 1.05. The van der Waals surface area contributed by atoms with Gasteiger partial charge in [0.2, 0.25) is 5.91 Å². The summed E-state index contributed by atoms with van der Waals surface area (Å²) in [6.45, 7) is 10.6. The number of benzene rings is 1. The molecule has 1 saturated heterocycles. The van der Waals surface area contributed by atoms with Gasteiger partial charge in [-0.05, 0) is 29.7 Å². The molecule has 1 amide bonds. The van der Waals surface area contributed by atoms with Crippen LogP contribution in [0.15, 0.2) is 30.3 Å². The molecule has 1 heterocycles. The van der Waals surface area contributed by atoms with Crippen molar-refractivity contribution in [3.8, 4) is 0 Å². The van der Waals surface area contributed by atoms with Crippen molar-refractivity contribution < 1.29 is 4.79 Å². The van der Waals surface area contributed by atoms with Gasteiger partial charge in [0, 0.05) is 19.0 Å². The highest BCUT2D eigenvalue weighted by Gasteiger charge is 2.37. The van der Waals surface area contributed by atoms with E-state index in [2.05, 4.69) is 39.8 Å². The summed E-state index contributed by atoms with van der Waals surface area (Å²) < 4.78 is 0. The highest BCUT2D eigenvalue weighted by Crippen LogP contribution is 2.33. The first-order valence-electron chi connectivity index (χ1n) is 7.69. The van der Waals surface area contributed by atoms with Gasteiger partial charge in [-0.2, -0.15) is 0 Å². The largest absolute Gasteiger partial charge is 0.338 e. The molecule has 0 saturated carbocycles. The van der Waals surface area contributed by atoms with Gasteiger partial charge < -0.3 is 4.90 Å². The van der Waals surface area contributed by atoms with E-state index in [1.54, 1.807) is 0 Å². The molecule has 2 nitrogen and oxygen atoms in total. The van der Waals surface area contributed by atoms with Crippen LogP contribution in [0.2, 0.25) is 0 Å². The number of rotatable bonds is 4. The molecule has 1 fully saturated rings. The third-order valence-corrected chi connectivity index (χ3v) is 4.25. The summed E-state index contributed by atoms with van der Waals surface area (Å²) in [5.41, 5.74) is 1.54. The van der Waals surface area contributed by atoms with E-state index in [1.165, 1.54) is 5.56 Å². The lowest BCUT2D eigenvalue weighted by Gasteiger charge is -2.21. The third kappa shape index (κ3) is 3.84. The zero-order chi connectivity index (χ0) is 14.8. The number of hydrogen-bond acceptors (Lipinski definition) is 1. The van der Waals surface area contributed by atoms with Crippen molar-refractivity contribution >= 4 is 5.91 Å². The van der Waals surface area contributed by atoms with Gasteiger partial charge >= 0.3 is 0 Å². The molecule has 2 rings (SSSR count). The molecule has 1 aromatic rings. The topological polar surface area (TPSA) is 20.3 Å². The Morgan fingerprint density at radius 3 is 2.45 bits per heavy atom. The molecule has 1 aromatic carbocycles. The van der Waals surface area contributed by atoms with Crippen LogP contribution in [-0.2, 0) is 11.3 Å². The fraction of sp³-hybridized carbons (Fsp3) is 0.611. The van der Waals surface area contributed by atoms with Crippen molar-refractivity contribution in [1.29, 1.82) is 0 Å². The average molecular weight is 273 g/mol. The van der Waals surface area contributed by atoms with Crippen LogP contribution >= 0.6 is 0 Å². The maximum absolute atomic E-state index is 12.6. The number of hydrogen-bond donors (Lipinski definition) is 0. The number of amides is 1. The van der Waals surface area contributed by atoms with Crippen molar-refractivity contribution in [3.05, 3.63) is 35.9 Å². The lowest BCUT2D eigenvalue weighted by molar-refractivity contribution is -0.132. The first kappa shape index (κ1) is 15.1. The maximum atomic E-state index is 12.6. The third-order valence-electron chi connectivity index (χ3n) is 4.25. The summed E-state index contributed by atoms with van der Waals surface area (Å²) in [4.78, 5) is 14.6. The van der Waals surface area contributed by atoms with E-state index in [-0.39, 0.29) is 5.92 Å². The molecule has 0 aliphatic carbocycles. The van der Waals surface area contributed by atoms with E-state index in [4.69, 9.17) is 0 Å². The summed E-state index contributed by atoms with van der Waals surface area (Å²) >= 11 is 0. The minimum Gasteiger partial charge on any atom is -0.338 e. The molecule has 0 radical (unpaired) electrons. The van der Waals surface area contributed by atoms with Gasteiger partial charge in [0.25, 0.3) is 0 Å². The van der Waals surface area contributed by atoms with Crippen LogP contribution in [0.3, 0.4) is 0 Å². The molecule has 0 aromatic heterocycles. The van der Waals surface area contributed by atoms with E-state index >= 15 is 0 Å². The summed E-state index contributed by atoms with van der Waals surface area (Å²) in [6.07, 6.45) is 2.14. The fourth-order valence-electron chi connectivity index (χ4n) is 2.99. The highest BCUT2D eigenvalue weighted by molar-refractivity contribution is 5.81. The monoisotopic (exact) mass is 273 g/mol. The Kier molecular flexibility index (Phi) is 4.52. The van der Waals surface area contributed by atoms with Crippen molar-refractivity contribution in [2.24, 2.45) is 17.3 Å². The zero-order valence-corrected chi connectivity index (χ0v) is 13.2. The molecular weight excluding hydrogens is 246 g/mol. The predicted molar refractivity (Wildman–Crippen MR) is 83.2 cm³/mol. The van der Waals surface area contributed by atoms with Gasteiger partial charge in [0.15, 0.2) is 0 Å². The van der Waals surface area contributed by atoms with Crippen LogP contribution in [0.25, 0.3) is 0 Å². The van der Waals surface area contributed by atoms with Crippen LogP contribution in [0.1, 0.15) is 46.1 Å². The van der Waals surface area contributed by atoms with Gasteiger partial charge in [0.05, 0.1) is 0 Å².